The van der Waals surface area contributed by atoms with Gasteiger partial charge in [-0.3, -0.25) is 0 Å². The zero-order valence-corrected chi connectivity index (χ0v) is 7.77. The van der Waals surface area contributed by atoms with E-state index in [2.05, 4.69) is 37.3 Å². The van der Waals surface area contributed by atoms with Crippen LogP contribution < -0.4 is 0 Å². The van der Waals surface area contributed by atoms with Crippen LogP contribution in [0, 0.1) is 6.92 Å². The van der Waals surface area contributed by atoms with Gasteiger partial charge >= 0.3 is 0 Å². The molecule has 0 saturated carbocycles. The number of aliphatic hydroxyl groups excluding tert-OH is 1. The molecular weight excluding hydrogens is 160 g/mol. The molecule has 0 heterocycles. The highest BCUT2D eigenvalue weighted by Crippen LogP contribution is 2.28. The molecule has 1 N–H and O–H groups in total. The lowest BCUT2D eigenvalue weighted by atomic mass is 9.95. The Morgan fingerprint density at radius 3 is 2.85 bits per heavy atom. The average Bonchev–Trinajstić information content (AvgIpc) is 2.51. The Hall–Kier alpha value is -1.08. The van der Waals surface area contributed by atoms with Gasteiger partial charge in [-0.2, -0.15) is 0 Å². The summed E-state index contributed by atoms with van der Waals surface area (Å²) in [5.74, 6) is 0.208. The molecule has 2 rings (SSSR count). The number of benzene rings is 1. The molecule has 0 fully saturated rings. The lowest BCUT2D eigenvalue weighted by Crippen LogP contribution is -2.11. The van der Waals surface area contributed by atoms with E-state index in [4.69, 9.17) is 0 Å². The first-order chi connectivity index (χ1) is 6.27. The van der Waals surface area contributed by atoms with Crippen LogP contribution in [-0.4, -0.2) is 11.2 Å². The average molecular weight is 174 g/mol. The Morgan fingerprint density at radius 1 is 1.38 bits per heavy atom. The van der Waals surface area contributed by atoms with Crippen molar-refractivity contribution in [1.29, 1.82) is 0 Å². The van der Waals surface area contributed by atoms with Crippen molar-refractivity contribution >= 4 is 0 Å². The fraction of sp³-hybridized carbons (Fsp3) is 0.333. The lowest BCUT2D eigenvalue weighted by molar-refractivity contribution is 0.171. The van der Waals surface area contributed by atoms with E-state index in [0.29, 0.717) is 0 Å². The second-order valence-corrected chi connectivity index (χ2v) is 3.67. The van der Waals surface area contributed by atoms with E-state index in [1.54, 1.807) is 0 Å². The van der Waals surface area contributed by atoms with E-state index in [1.807, 2.05) is 6.07 Å². The summed E-state index contributed by atoms with van der Waals surface area (Å²) >= 11 is 0. The third-order valence-corrected chi connectivity index (χ3v) is 2.56. The number of hydrogen-bond donors (Lipinski definition) is 1. The van der Waals surface area contributed by atoms with Gasteiger partial charge in [-0.05, 0) is 18.9 Å². The summed E-state index contributed by atoms with van der Waals surface area (Å²) in [5, 5.41) is 9.67. The molecule has 0 bridgehead atoms. The monoisotopic (exact) mass is 174 g/mol. The van der Waals surface area contributed by atoms with E-state index in [-0.39, 0.29) is 12.0 Å². The van der Waals surface area contributed by atoms with Gasteiger partial charge in [0.05, 0.1) is 6.10 Å². The van der Waals surface area contributed by atoms with Crippen LogP contribution >= 0.6 is 0 Å². The number of rotatable bonds is 1. The van der Waals surface area contributed by atoms with Gasteiger partial charge in [-0.25, -0.2) is 0 Å². The fourth-order valence-electron chi connectivity index (χ4n) is 1.85. The number of aryl methyl sites for hydroxylation is 1. The van der Waals surface area contributed by atoms with Crippen LogP contribution in [0.5, 0.6) is 0 Å². The molecule has 1 aliphatic carbocycles. The largest absolute Gasteiger partial charge is 0.392 e. The van der Waals surface area contributed by atoms with E-state index in [0.717, 1.165) is 6.42 Å². The van der Waals surface area contributed by atoms with E-state index in [9.17, 15) is 5.11 Å². The Bertz CT molecular complexity index is 328. The first kappa shape index (κ1) is 8.52. The van der Waals surface area contributed by atoms with Crippen LogP contribution in [0.1, 0.15) is 23.5 Å². The molecule has 1 aromatic carbocycles. The molecule has 1 nitrogen and oxygen atoms in total. The van der Waals surface area contributed by atoms with Crippen LogP contribution in [0.25, 0.3) is 0 Å². The summed E-state index contributed by atoms with van der Waals surface area (Å²) in [6.07, 6.45) is 4.72. The molecule has 1 aromatic rings. The van der Waals surface area contributed by atoms with Crippen molar-refractivity contribution in [1.82, 2.24) is 0 Å². The van der Waals surface area contributed by atoms with Crippen LogP contribution in [0.4, 0.5) is 0 Å². The smallest absolute Gasteiger partial charge is 0.0677 e. The zero-order chi connectivity index (χ0) is 9.26. The summed E-state index contributed by atoms with van der Waals surface area (Å²) in [4.78, 5) is 0. The molecule has 68 valence electrons. The highest BCUT2D eigenvalue weighted by atomic mass is 16.3. The molecule has 0 saturated heterocycles. The van der Waals surface area contributed by atoms with Crippen LogP contribution in [0.2, 0.25) is 0 Å². The van der Waals surface area contributed by atoms with E-state index >= 15 is 0 Å². The van der Waals surface area contributed by atoms with Gasteiger partial charge < -0.3 is 5.11 Å². The fourth-order valence-corrected chi connectivity index (χ4v) is 1.85. The minimum Gasteiger partial charge on any atom is -0.392 e. The Morgan fingerprint density at radius 2 is 2.23 bits per heavy atom. The molecule has 2 unspecified atom stereocenters. The van der Waals surface area contributed by atoms with Crippen molar-refractivity contribution in [3.63, 3.8) is 0 Å². The van der Waals surface area contributed by atoms with Crippen molar-refractivity contribution in [2.75, 3.05) is 0 Å². The maximum atomic E-state index is 9.67. The van der Waals surface area contributed by atoms with Crippen LogP contribution in [0.3, 0.4) is 0 Å². The molecule has 2 atom stereocenters. The second-order valence-electron chi connectivity index (χ2n) is 3.67. The standard InChI is InChI=1S/C12H14O/c1-9-4-2-5-10(8-9)11-6-3-7-12(11)13/h2-6,8,11-13H,7H2,1H3. The molecule has 0 aliphatic heterocycles. The summed E-state index contributed by atoms with van der Waals surface area (Å²) in [6, 6.07) is 8.35. The topological polar surface area (TPSA) is 20.2 Å². The number of hydrogen-bond acceptors (Lipinski definition) is 1. The highest BCUT2D eigenvalue weighted by Gasteiger charge is 2.21. The van der Waals surface area contributed by atoms with Gasteiger partial charge in [0.25, 0.3) is 0 Å². The van der Waals surface area contributed by atoms with Gasteiger partial charge in [-0.1, -0.05) is 42.0 Å². The van der Waals surface area contributed by atoms with Crippen molar-refractivity contribution < 1.29 is 5.11 Å². The maximum absolute atomic E-state index is 9.67. The van der Waals surface area contributed by atoms with Crippen molar-refractivity contribution in [2.45, 2.75) is 25.4 Å². The normalized spacial score (nSPS) is 26.6. The van der Waals surface area contributed by atoms with Crippen LogP contribution in [-0.2, 0) is 0 Å². The van der Waals surface area contributed by atoms with Gasteiger partial charge in [-0.15, -0.1) is 0 Å². The molecule has 0 spiro atoms. The van der Waals surface area contributed by atoms with Gasteiger partial charge in [0.1, 0.15) is 0 Å². The van der Waals surface area contributed by atoms with Crippen LogP contribution in [0.15, 0.2) is 36.4 Å². The summed E-state index contributed by atoms with van der Waals surface area (Å²) in [7, 11) is 0. The zero-order valence-electron chi connectivity index (χ0n) is 7.77. The second kappa shape index (κ2) is 3.35. The van der Waals surface area contributed by atoms with Crippen molar-refractivity contribution in [2.24, 2.45) is 0 Å². The minimum atomic E-state index is -0.221. The minimum absolute atomic E-state index is 0.208. The van der Waals surface area contributed by atoms with Gasteiger partial charge in [0.15, 0.2) is 0 Å². The summed E-state index contributed by atoms with van der Waals surface area (Å²) in [5.41, 5.74) is 2.48. The maximum Gasteiger partial charge on any atom is 0.0677 e. The first-order valence-electron chi connectivity index (χ1n) is 4.68. The molecule has 13 heavy (non-hydrogen) atoms. The SMILES string of the molecule is Cc1cccc(C2C=CCC2O)c1. The van der Waals surface area contributed by atoms with Crippen molar-refractivity contribution in [3.05, 3.63) is 47.5 Å². The summed E-state index contributed by atoms with van der Waals surface area (Å²) in [6.45, 7) is 2.08. The molecular formula is C12H14O. The molecule has 1 aliphatic rings. The molecule has 1 heteroatoms. The predicted octanol–water partition coefficient (Wildman–Crippen LogP) is 2.40. The quantitative estimate of drug-likeness (QED) is 0.648. The summed E-state index contributed by atoms with van der Waals surface area (Å²) < 4.78 is 0. The first-order valence-corrected chi connectivity index (χ1v) is 4.68. The van der Waals surface area contributed by atoms with Gasteiger partial charge in [0, 0.05) is 5.92 Å². The van der Waals surface area contributed by atoms with E-state index < -0.39 is 0 Å². The molecule has 0 amide bonds. The Labute approximate surface area is 78.7 Å². The lowest BCUT2D eigenvalue weighted by Gasteiger charge is -2.14. The van der Waals surface area contributed by atoms with E-state index in [1.165, 1.54) is 11.1 Å². The third kappa shape index (κ3) is 1.65. The number of aliphatic hydroxyl groups is 1. The third-order valence-electron chi connectivity index (χ3n) is 2.56. The Kier molecular flexibility index (Phi) is 2.19. The molecule has 0 radical (unpaired) electrons. The van der Waals surface area contributed by atoms with Gasteiger partial charge in [0.2, 0.25) is 0 Å². The predicted molar refractivity (Wildman–Crippen MR) is 53.7 cm³/mol. The molecule has 0 aromatic heterocycles. The highest BCUT2D eigenvalue weighted by molar-refractivity contribution is 5.31. The van der Waals surface area contributed by atoms with Crippen molar-refractivity contribution in [3.8, 4) is 0 Å². The Balaban J connectivity index is 2.29.